The summed E-state index contributed by atoms with van der Waals surface area (Å²) in [5.74, 6) is -15.3. The number of nitrogens with one attached hydrogen (secondary N) is 1. The van der Waals surface area contributed by atoms with Gasteiger partial charge in [-0.15, -0.1) is 0 Å². The van der Waals surface area contributed by atoms with Crippen LogP contribution in [-0.2, 0) is 4.79 Å². The summed E-state index contributed by atoms with van der Waals surface area (Å²) < 4.78 is 93.8. The van der Waals surface area contributed by atoms with Gasteiger partial charge in [-0.1, -0.05) is 15.9 Å². The Kier molecular flexibility index (Phi) is 6.66. The highest BCUT2D eigenvalue weighted by Gasteiger charge is 2.76. The molecule has 0 aliphatic rings. The van der Waals surface area contributed by atoms with Crippen LogP contribution in [-0.4, -0.2) is 36.2 Å². The molecule has 0 saturated carbocycles. The number of rotatable bonds is 6. The molecular weight excluding hydrogens is 441 g/mol. The third-order valence-electron chi connectivity index (χ3n) is 2.74. The molecule has 1 aromatic carbocycles. The molecular formula is C14H12BrF7N2O2. The molecule has 0 aliphatic heterocycles. The number of halogens is 8. The molecule has 0 unspecified atom stereocenters. The first kappa shape index (κ1) is 22.2. The zero-order valence-corrected chi connectivity index (χ0v) is 14.8. The molecule has 4 nitrogen and oxygen atoms in total. The largest absolute Gasteiger partial charge is 0.490 e. The highest BCUT2D eigenvalue weighted by Crippen LogP contribution is 2.46. The van der Waals surface area contributed by atoms with Crippen molar-refractivity contribution < 1.29 is 40.3 Å². The topological polar surface area (TPSA) is 50.7 Å². The van der Waals surface area contributed by atoms with Crippen LogP contribution >= 0.6 is 15.9 Å². The Balaban J connectivity index is 2.99. The summed E-state index contributed by atoms with van der Waals surface area (Å²) in [6.07, 6.45) is -6.13. The normalized spacial score (nSPS) is 13.3. The second-order valence-electron chi connectivity index (χ2n) is 5.19. The van der Waals surface area contributed by atoms with Crippen molar-refractivity contribution in [1.82, 2.24) is 5.43 Å². The molecule has 1 amide bonds. The predicted molar refractivity (Wildman–Crippen MR) is 81.6 cm³/mol. The second kappa shape index (κ2) is 7.80. The van der Waals surface area contributed by atoms with E-state index in [2.05, 4.69) is 21.0 Å². The molecule has 0 aromatic heterocycles. The van der Waals surface area contributed by atoms with E-state index in [1.54, 1.807) is 19.9 Å². The van der Waals surface area contributed by atoms with E-state index in [-0.39, 0.29) is 17.4 Å². The minimum absolute atomic E-state index is 0.152. The summed E-state index contributed by atoms with van der Waals surface area (Å²) in [4.78, 5) is 11.1. The van der Waals surface area contributed by atoms with Crippen LogP contribution in [0.15, 0.2) is 27.8 Å². The van der Waals surface area contributed by atoms with Crippen LogP contribution in [0.25, 0.3) is 0 Å². The van der Waals surface area contributed by atoms with E-state index >= 15 is 0 Å². The number of hydrogen-bond acceptors (Lipinski definition) is 3. The molecule has 0 aliphatic carbocycles. The first-order valence-corrected chi connectivity index (χ1v) is 7.61. The zero-order chi connectivity index (χ0) is 20.3. The van der Waals surface area contributed by atoms with Gasteiger partial charge >= 0.3 is 23.9 Å². The van der Waals surface area contributed by atoms with Crippen molar-refractivity contribution in [2.45, 2.75) is 38.0 Å². The number of alkyl halides is 7. The maximum absolute atomic E-state index is 13.1. The molecule has 0 fully saturated rings. The van der Waals surface area contributed by atoms with E-state index < -0.39 is 23.9 Å². The van der Waals surface area contributed by atoms with Crippen LogP contribution in [0.3, 0.4) is 0 Å². The monoisotopic (exact) mass is 452 g/mol. The summed E-state index contributed by atoms with van der Waals surface area (Å²) in [5, 5.41) is 3.01. The highest BCUT2D eigenvalue weighted by atomic mass is 79.9. The first-order chi connectivity index (χ1) is 11.7. The Morgan fingerprint density at radius 1 is 1.19 bits per heavy atom. The minimum Gasteiger partial charge on any atom is -0.490 e. The number of hydrogen-bond donors (Lipinski definition) is 1. The number of nitrogens with zero attached hydrogens (tertiary/aromatic N) is 1. The number of hydrazone groups is 1. The Morgan fingerprint density at radius 2 is 1.77 bits per heavy atom. The van der Waals surface area contributed by atoms with Crippen LogP contribution < -0.4 is 10.2 Å². The van der Waals surface area contributed by atoms with Crippen molar-refractivity contribution in [3.8, 4) is 5.75 Å². The van der Waals surface area contributed by atoms with Gasteiger partial charge in [0.25, 0.3) is 0 Å². The molecule has 1 aromatic rings. The second-order valence-corrected chi connectivity index (χ2v) is 6.11. The number of benzene rings is 1. The summed E-state index contributed by atoms with van der Waals surface area (Å²) in [6, 6.07) is 4.45. The lowest BCUT2D eigenvalue weighted by Gasteiger charge is -2.26. The van der Waals surface area contributed by atoms with Gasteiger partial charge in [0.15, 0.2) is 0 Å². The predicted octanol–water partition coefficient (Wildman–Crippen LogP) is 4.52. The average Bonchev–Trinajstić information content (AvgIpc) is 2.47. The van der Waals surface area contributed by atoms with Crippen molar-refractivity contribution in [3.63, 3.8) is 0 Å². The molecule has 0 spiro atoms. The van der Waals surface area contributed by atoms with Gasteiger partial charge in [-0.25, -0.2) is 5.43 Å². The number of ether oxygens (including phenoxy) is 1. The van der Waals surface area contributed by atoms with Gasteiger partial charge in [-0.2, -0.15) is 35.8 Å². The quantitative estimate of drug-likeness (QED) is 0.392. The first-order valence-electron chi connectivity index (χ1n) is 6.82. The maximum Gasteiger partial charge on any atom is 0.460 e. The Labute approximate surface area is 151 Å². The van der Waals surface area contributed by atoms with Gasteiger partial charge < -0.3 is 4.74 Å². The molecule has 1 rings (SSSR count). The van der Waals surface area contributed by atoms with Crippen molar-refractivity contribution >= 4 is 28.1 Å². The van der Waals surface area contributed by atoms with Crippen LogP contribution in [0.4, 0.5) is 30.7 Å². The highest BCUT2D eigenvalue weighted by molar-refractivity contribution is 9.10. The molecule has 0 radical (unpaired) electrons. The Morgan fingerprint density at radius 3 is 2.27 bits per heavy atom. The fraction of sp³-hybridized carbons (Fsp3) is 0.429. The molecule has 0 atom stereocenters. The van der Waals surface area contributed by atoms with E-state index in [0.29, 0.717) is 4.47 Å². The summed E-state index contributed by atoms with van der Waals surface area (Å²) in [7, 11) is 0. The van der Waals surface area contributed by atoms with E-state index in [9.17, 15) is 35.5 Å². The molecule has 12 heteroatoms. The van der Waals surface area contributed by atoms with Gasteiger partial charge in [0.1, 0.15) is 5.75 Å². The van der Waals surface area contributed by atoms with Crippen LogP contribution in [0.2, 0.25) is 0 Å². The molecule has 26 heavy (non-hydrogen) atoms. The van der Waals surface area contributed by atoms with Crippen molar-refractivity contribution in [3.05, 3.63) is 28.2 Å². The van der Waals surface area contributed by atoms with Crippen molar-refractivity contribution in [2.75, 3.05) is 0 Å². The number of carbonyl (C=O) groups is 1. The fourth-order valence-electron chi connectivity index (χ4n) is 1.53. The van der Waals surface area contributed by atoms with Crippen molar-refractivity contribution in [1.29, 1.82) is 0 Å². The van der Waals surface area contributed by atoms with E-state index in [1.165, 1.54) is 12.1 Å². The van der Waals surface area contributed by atoms with Gasteiger partial charge in [0.2, 0.25) is 0 Å². The number of amides is 1. The lowest BCUT2D eigenvalue weighted by molar-refractivity contribution is -0.344. The third kappa shape index (κ3) is 4.86. The van der Waals surface area contributed by atoms with Crippen LogP contribution in [0, 0.1) is 0 Å². The van der Waals surface area contributed by atoms with Crippen LogP contribution in [0.1, 0.15) is 19.4 Å². The standard InChI is InChI=1S/C14H12BrF7N2O2/c1-7(2)26-10-4-3-9(15)5-8(10)6-23-24-11(25)12(16,17)13(18,19)14(20,21)22/h3-7H,1-2H3,(H,24,25). The summed E-state index contributed by atoms with van der Waals surface area (Å²) in [5.41, 5.74) is 1.13. The lowest BCUT2D eigenvalue weighted by Crippen LogP contribution is -2.58. The number of carbonyl (C=O) groups excluding carboxylic acids is 1. The fourth-order valence-corrected chi connectivity index (χ4v) is 1.91. The molecule has 0 bridgehead atoms. The minimum atomic E-state index is -6.61. The SMILES string of the molecule is CC(C)Oc1ccc(Br)cc1C=NNC(=O)C(F)(F)C(F)(F)C(F)(F)F. The smallest absolute Gasteiger partial charge is 0.460 e. The van der Waals surface area contributed by atoms with Gasteiger partial charge in [-0.05, 0) is 32.0 Å². The van der Waals surface area contributed by atoms with Crippen LogP contribution in [0.5, 0.6) is 5.75 Å². The third-order valence-corrected chi connectivity index (χ3v) is 3.23. The maximum atomic E-state index is 13.1. The average molecular weight is 453 g/mol. The Hall–Kier alpha value is -1.85. The molecule has 0 heterocycles. The van der Waals surface area contributed by atoms with Gasteiger partial charge in [0.05, 0.1) is 12.3 Å². The van der Waals surface area contributed by atoms with E-state index in [0.717, 1.165) is 11.6 Å². The molecule has 0 saturated heterocycles. The zero-order valence-electron chi connectivity index (χ0n) is 13.2. The summed E-state index contributed by atoms with van der Waals surface area (Å²) >= 11 is 3.11. The Bertz CT molecular complexity index is 690. The van der Waals surface area contributed by atoms with E-state index in [4.69, 9.17) is 4.74 Å². The lowest BCUT2D eigenvalue weighted by atomic mass is 10.1. The summed E-state index contributed by atoms with van der Waals surface area (Å²) in [6.45, 7) is 3.37. The van der Waals surface area contributed by atoms with Gasteiger partial charge in [-0.3, -0.25) is 4.79 Å². The molecule has 146 valence electrons. The van der Waals surface area contributed by atoms with Gasteiger partial charge in [0, 0.05) is 10.0 Å². The van der Waals surface area contributed by atoms with E-state index in [1.807, 2.05) is 0 Å². The molecule has 1 N–H and O–H groups in total. The van der Waals surface area contributed by atoms with Crippen molar-refractivity contribution in [2.24, 2.45) is 5.10 Å².